The van der Waals surface area contributed by atoms with Crippen molar-refractivity contribution < 1.29 is 19.4 Å². The SMILES string of the molecule is CN/N=C(\SC=O)C1CN(C)CC1NC(=O)c1ccc(OCC2=C(C#CCO)N(C)C(c3ccccc3)S2)cc1. The number of thioether (sulfide) groups is 2. The average Bonchev–Trinajstić information content (AvgIpc) is 3.49. The first kappa shape index (κ1) is 29.6. The number of likely N-dealkylation sites (tertiary alicyclic amines) is 1. The molecule has 11 heteroatoms. The molecule has 2 heterocycles. The molecule has 9 nitrogen and oxygen atoms in total. The van der Waals surface area contributed by atoms with Gasteiger partial charge in [0.1, 0.15) is 35.1 Å². The molecule has 2 aromatic carbocycles. The number of hydrogen-bond acceptors (Lipinski definition) is 10. The van der Waals surface area contributed by atoms with Crippen LogP contribution in [0.5, 0.6) is 5.75 Å². The van der Waals surface area contributed by atoms with E-state index in [0.717, 1.165) is 33.5 Å². The van der Waals surface area contributed by atoms with Gasteiger partial charge in [-0.15, -0.1) is 0 Å². The van der Waals surface area contributed by atoms with Crippen molar-refractivity contribution in [3.63, 3.8) is 0 Å². The van der Waals surface area contributed by atoms with E-state index in [1.54, 1.807) is 43.1 Å². The lowest BCUT2D eigenvalue weighted by Crippen LogP contribution is -2.42. The van der Waals surface area contributed by atoms with Crippen molar-refractivity contribution in [2.24, 2.45) is 11.0 Å². The number of nitrogens with one attached hydrogen (secondary N) is 2. The number of benzene rings is 2. The van der Waals surface area contributed by atoms with E-state index in [1.807, 2.05) is 32.3 Å². The Bertz CT molecular complexity index is 1310. The van der Waals surface area contributed by atoms with Crippen molar-refractivity contribution in [1.29, 1.82) is 0 Å². The Morgan fingerprint density at radius 1 is 1.20 bits per heavy atom. The molecule has 0 aliphatic carbocycles. The van der Waals surface area contributed by atoms with Crippen molar-refractivity contribution in [2.45, 2.75) is 11.4 Å². The maximum atomic E-state index is 13.1. The molecule has 3 atom stereocenters. The minimum absolute atomic E-state index is 0.0657. The molecule has 0 bridgehead atoms. The molecule has 0 radical (unpaired) electrons. The van der Waals surface area contributed by atoms with Gasteiger partial charge in [0.2, 0.25) is 0 Å². The first-order valence-corrected chi connectivity index (χ1v) is 14.5. The zero-order chi connectivity index (χ0) is 28.5. The third kappa shape index (κ3) is 7.20. The van der Waals surface area contributed by atoms with Crippen molar-refractivity contribution in [3.05, 3.63) is 76.3 Å². The summed E-state index contributed by atoms with van der Waals surface area (Å²) in [5, 5.41) is 17.3. The molecular formula is C29H33N5O4S2. The number of aliphatic hydroxyl groups excluding tert-OH is 1. The van der Waals surface area contributed by atoms with Gasteiger partial charge >= 0.3 is 0 Å². The van der Waals surface area contributed by atoms with Crippen LogP contribution in [0.3, 0.4) is 0 Å². The molecule has 1 fully saturated rings. The highest BCUT2D eigenvalue weighted by Crippen LogP contribution is 2.46. The maximum absolute atomic E-state index is 13.1. The molecule has 4 rings (SSSR count). The number of ether oxygens (including phenoxy) is 1. The van der Waals surface area contributed by atoms with E-state index in [4.69, 9.17) is 4.74 Å². The molecule has 2 aromatic rings. The quantitative estimate of drug-likeness (QED) is 0.136. The first-order valence-electron chi connectivity index (χ1n) is 12.8. The number of amides is 1. The Kier molecular flexibility index (Phi) is 10.5. The van der Waals surface area contributed by atoms with Gasteiger partial charge in [0.05, 0.1) is 10.9 Å². The van der Waals surface area contributed by atoms with Crippen LogP contribution >= 0.6 is 23.5 Å². The van der Waals surface area contributed by atoms with E-state index in [2.05, 4.69) is 49.6 Å². The van der Waals surface area contributed by atoms with Crippen molar-refractivity contribution >= 4 is 40.1 Å². The van der Waals surface area contributed by atoms with Crippen LogP contribution in [-0.4, -0.2) is 85.0 Å². The normalized spacial score (nSPS) is 21.1. The predicted octanol–water partition coefficient (Wildman–Crippen LogP) is 2.77. The summed E-state index contributed by atoms with van der Waals surface area (Å²) in [6, 6.07) is 17.0. The predicted molar refractivity (Wildman–Crippen MR) is 161 cm³/mol. The van der Waals surface area contributed by atoms with Crippen LogP contribution in [0, 0.1) is 17.8 Å². The fourth-order valence-corrected chi connectivity index (χ4v) is 6.65. The highest BCUT2D eigenvalue weighted by atomic mass is 32.2. The molecule has 0 aromatic heterocycles. The van der Waals surface area contributed by atoms with Gasteiger partial charge < -0.3 is 30.4 Å². The van der Waals surface area contributed by atoms with Crippen LogP contribution in [0.1, 0.15) is 21.3 Å². The average molecular weight is 580 g/mol. The molecular weight excluding hydrogens is 546 g/mol. The Labute approximate surface area is 243 Å². The molecule has 210 valence electrons. The Morgan fingerprint density at radius 2 is 1.95 bits per heavy atom. The molecule has 2 aliphatic heterocycles. The van der Waals surface area contributed by atoms with Gasteiger partial charge in [-0.2, -0.15) is 5.10 Å². The van der Waals surface area contributed by atoms with Gasteiger partial charge in [-0.05, 0) is 54.6 Å². The third-order valence-corrected chi connectivity index (χ3v) is 8.75. The van der Waals surface area contributed by atoms with Gasteiger partial charge in [0, 0.05) is 38.7 Å². The number of hydrogen-bond donors (Lipinski definition) is 3. The Morgan fingerprint density at radius 3 is 2.62 bits per heavy atom. The van der Waals surface area contributed by atoms with Crippen LogP contribution < -0.4 is 15.5 Å². The van der Waals surface area contributed by atoms with E-state index < -0.39 is 0 Å². The fourth-order valence-electron chi connectivity index (χ4n) is 4.73. The number of hydrazone groups is 1. The Balaban J connectivity index is 1.40. The number of carbonyl (C=O) groups is 2. The van der Waals surface area contributed by atoms with Gasteiger partial charge in [-0.1, -0.05) is 48.0 Å². The van der Waals surface area contributed by atoms with Crippen molar-refractivity contribution in [3.8, 4) is 17.6 Å². The van der Waals surface area contributed by atoms with E-state index in [-0.39, 0.29) is 29.8 Å². The number of likely N-dealkylation sites (N-methyl/N-ethyl adjacent to an activating group) is 1. The smallest absolute Gasteiger partial charge is 0.251 e. The molecule has 0 spiro atoms. The second kappa shape index (κ2) is 14.3. The summed E-state index contributed by atoms with van der Waals surface area (Å²) >= 11 is 2.71. The van der Waals surface area contributed by atoms with E-state index >= 15 is 0 Å². The maximum Gasteiger partial charge on any atom is 0.251 e. The van der Waals surface area contributed by atoms with E-state index in [9.17, 15) is 14.7 Å². The van der Waals surface area contributed by atoms with Crippen molar-refractivity contribution in [1.82, 2.24) is 20.5 Å². The van der Waals surface area contributed by atoms with Crippen molar-refractivity contribution in [2.75, 3.05) is 47.4 Å². The lowest BCUT2D eigenvalue weighted by molar-refractivity contribution is 0.0935. The summed E-state index contributed by atoms with van der Waals surface area (Å²) in [4.78, 5) is 29.4. The summed E-state index contributed by atoms with van der Waals surface area (Å²) in [6.45, 7) is 1.45. The third-order valence-electron chi connectivity index (χ3n) is 6.61. The zero-order valence-corrected chi connectivity index (χ0v) is 24.3. The minimum atomic E-state index is -0.215. The van der Waals surface area contributed by atoms with E-state index in [0.29, 0.717) is 36.1 Å². The zero-order valence-electron chi connectivity index (χ0n) is 22.7. The van der Waals surface area contributed by atoms with Gasteiger partial charge in [0.25, 0.3) is 5.91 Å². The molecule has 1 saturated heterocycles. The standard InChI is InChI=1S/C29H33N5O4S2/c1-30-32-28(39-19-36)23-16-33(2)17-24(23)31-27(37)20-11-13-22(14-12-20)38-18-26-25(10-7-15-35)34(3)29(40-26)21-8-5-4-6-9-21/h4-6,8-9,11-14,19,23-24,29-30,35H,15-18H2,1-3H3,(H,31,37)/b32-28-. The molecule has 1 amide bonds. The summed E-state index contributed by atoms with van der Waals surface area (Å²) < 4.78 is 6.08. The topological polar surface area (TPSA) is 107 Å². The molecule has 0 saturated carbocycles. The number of allylic oxidation sites excluding steroid dienone is 1. The Hall–Kier alpha value is -3.43. The largest absolute Gasteiger partial charge is 0.488 e. The monoisotopic (exact) mass is 579 g/mol. The van der Waals surface area contributed by atoms with Gasteiger partial charge in [-0.25, -0.2) is 0 Å². The van der Waals surface area contributed by atoms with Gasteiger partial charge in [-0.3, -0.25) is 9.59 Å². The number of nitrogens with zero attached hydrogens (tertiary/aromatic N) is 3. The van der Waals surface area contributed by atoms with Crippen LogP contribution in [-0.2, 0) is 4.79 Å². The summed E-state index contributed by atoms with van der Waals surface area (Å²) in [5.74, 6) is 6.18. The van der Waals surface area contributed by atoms with E-state index in [1.165, 1.54) is 0 Å². The summed E-state index contributed by atoms with van der Waals surface area (Å²) in [6.07, 6.45) is 0. The first-order chi connectivity index (χ1) is 19.4. The van der Waals surface area contributed by atoms with Crippen LogP contribution in [0.4, 0.5) is 0 Å². The second-order valence-corrected chi connectivity index (χ2v) is 11.4. The lowest BCUT2D eigenvalue weighted by atomic mass is 10.0. The van der Waals surface area contributed by atoms with Crippen LogP contribution in [0.2, 0.25) is 0 Å². The minimum Gasteiger partial charge on any atom is -0.488 e. The molecule has 3 N–H and O–H groups in total. The lowest BCUT2D eigenvalue weighted by Gasteiger charge is -2.22. The summed E-state index contributed by atoms with van der Waals surface area (Å²) in [5.41, 5.74) is 6.01. The second-order valence-electron chi connectivity index (χ2n) is 9.33. The molecule has 40 heavy (non-hydrogen) atoms. The van der Waals surface area contributed by atoms with Crippen LogP contribution in [0.15, 0.2) is 70.3 Å². The highest BCUT2D eigenvalue weighted by Gasteiger charge is 2.36. The number of rotatable bonds is 9. The van der Waals surface area contributed by atoms with Crippen LogP contribution in [0.25, 0.3) is 0 Å². The fraction of sp³-hybridized carbons (Fsp3) is 0.345. The molecule has 3 unspecified atom stereocenters. The summed E-state index contributed by atoms with van der Waals surface area (Å²) in [7, 11) is 5.66. The molecule has 2 aliphatic rings. The highest BCUT2D eigenvalue weighted by molar-refractivity contribution is 8.24. The van der Waals surface area contributed by atoms with Gasteiger partial charge in [0.15, 0.2) is 5.62 Å². The number of carbonyl (C=O) groups excluding carboxylic acids is 2. The number of aliphatic hydroxyl groups is 1.